The number of halogens is 1. The number of ether oxygens (including phenoxy) is 1. The number of nitrogens with zero attached hydrogens (tertiary/aromatic N) is 2. The van der Waals surface area contributed by atoms with Crippen LogP contribution in [0.3, 0.4) is 0 Å². The van der Waals surface area contributed by atoms with Crippen LogP contribution >= 0.6 is 22.6 Å². The normalized spacial score (nSPS) is 10.8. The van der Waals surface area contributed by atoms with Crippen molar-refractivity contribution in [2.24, 2.45) is 7.05 Å². The molecule has 0 aliphatic rings. The largest absolute Gasteiger partial charge is 0.497 e. The van der Waals surface area contributed by atoms with Crippen LogP contribution in [0.4, 0.5) is 5.82 Å². The topological polar surface area (TPSA) is 39.1 Å². The summed E-state index contributed by atoms with van der Waals surface area (Å²) in [6, 6.07) is 10.1. The highest BCUT2D eigenvalue weighted by atomic mass is 127. The summed E-state index contributed by atoms with van der Waals surface area (Å²) in [6.07, 6.45) is 3.96. The lowest BCUT2D eigenvalue weighted by atomic mass is 10.2. The highest BCUT2D eigenvalue weighted by Crippen LogP contribution is 2.28. The summed E-state index contributed by atoms with van der Waals surface area (Å²) in [5.41, 5.74) is 2.38. The minimum absolute atomic E-state index is 0.737. The van der Waals surface area contributed by atoms with Crippen molar-refractivity contribution in [3.05, 3.63) is 51.9 Å². The van der Waals surface area contributed by atoms with Gasteiger partial charge in [-0.1, -0.05) is 12.1 Å². The van der Waals surface area contributed by atoms with E-state index >= 15 is 0 Å². The number of nitrogens with one attached hydrogen (secondary N) is 1. The molecule has 0 radical (unpaired) electrons. The number of benzene rings is 1. The number of fused-ring (bicyclic) bond motifs is 1. The third kappa shape index (κ3) is 2.83. The minimum Gasteiger partial charge on any atom is -0.497 e. The maximum atomic E-state index is 5.17. The molecule has 5 heteroatoms. The molecule has 21 heavy (non-hydrogen) atoms. The Morgan fingerprint density at radius 1 is 1.24 bits per heavy atom. The number of anilines is 1. The predicted molar refractivity (Wildman–Crippen MR) is 93.8 cm³/mol. The van der Waals surface area contributed by atoms with Gasteiger partial charge in [0.2, 0.25) is 0 Å². The van der Waals surface area contributed by atoms with E-state index in [9.17, 15) is 0 Å². The first kappa shape index (κ1) is 14.2. The third-order valence-electron chi connectivity index (χ3n) is 3.47. The van der Waals surface area contributed by atoms with Crippen molar-refractivity contribution in [1.82, 2.24) is 9.55 Å². The van der Waals surface area contributed by atoms with Crippen LogP contribution in [0.15, 0.2) is 42.7 Å². The monoisotopic (exact) mass is 393 g/mol. The molecule has 1 aromatic carbocycles. The van der Waals surface area contributed by atoms with E-state index in [1.807, 2.05) is 24.4 Å². The van der Waals surface area contributed by atoms with Crippen molar-refractivity contribution in [1.29, 1.82) is 0 Å². The summed E-state index contributed by atoms with van der Waals surface area (Å²) >= 11 is 2.35. The molecule has 0 unspecified atom stereocenters. The number of pyridine rings is 1. The van der Waals surface area contributed by atoms with Crippen LogP contribution in [0.5, 0.6) is 5.75 Å². The zero-order valence-electron chi connectivity index (χ0n) is 11.9. The van der Waals surface area contributed by atoms with Gasteiger partial charge in [-0.3, -0.25) is 0 Å². The summed E-state index contributed by atoms with van der Waals surface area (Å²) < 4.78 is 8.50. The molecular formula is C16H16IN3O. The molecule has 0 atom stereocenters. The average molecular weight is 393 g/mol. The molecule has 0 aliphatic carbocycles. The van der Waals surface area contributed by atoms with Crippen molar-refractivity contribution in [3.8, 4) is 5.75 Å². The lowest BCUT2D eigenvalue weighted by Crippen LogP contribution is -2.02. The Labute approximate surface area is 137 Å². The number of aromatic nitrogens is 2. The number of rotatable bonds is 4. The molecule has 0 fully saturated rings. The van der Waals surface area contributed by atoms with E-state index in [-0.39, 0.29) is 0 Å². The van der Waals surface area contributed by atoms with Crippen molar-refractivity contribution >= 4 is 39.3 Å². The Bertz CT molecular complexity index is 765. The number of aryl methyl sites for hydroxylation is 1. The van der Waals surface area contributed by atoms with E-state index in [0.29, 0.717) is 0 Å². The smallest absolute Gasteiger partial charge is 0.136 e. The van der Waals surface area contributed by atoms with Crippen LogP contribution < -0.4 is 10.1 Å². The molecule has 0 spiro atoms. The van der Waals surface area contributed by atoms with E-state index in [2.05, 4.69) is 62.8 Å². The van der Waals surface area contributed by atoms with Gasteiger partial charge in [0.05, 0.1) is 18.0 Å². The van der Waals surface area contributed by atoms with Gasteiger partial charge in [0.25, 0.3) is 0 Å². The lowest BCUT2D eigenvalue weighted by Gasteiger charge is -2.08. The molecule has 0 bridgehead atoms. The first-order valence-corrected chi connectivity index (χ1v) is 7.73. The van der Waals surface area contributed by atoms with E-state index < -0.39 is 0 Å². The molecule has 0 amide bonds. The second kappa shape index (κ2) is 5.93. The van der Waals surface area contributed by atoms with Gasteiger partial charge in [0.1, 0.15) is 11.6 Å². The van der Waals surface area contributed by atoms with Crippen molar-refractivity contribution in [2.75, 3.05) is 12.4 Å². The molecule has 2 aromatic heterocycles. The molecule has 3 aromatic rings. The molecule has 4 nitrogen and oxygen atoms in total. The van der Waals surface area contributed by atoms with Crippen molar-refractivity contribution < 1.29 is 4.74 Å². The van der Waals surface area contributed by atoms with Crippen molar-refractivity contribution in [3.63, 3.8) is 0 Å². The van der Waals surface area contributed by atoms with Gasteiger partial charge in [-0.25, -0.2) is 4.98 Å². The fourth-order valence-corrected chi connectivity index (χ4v) is 3.30. The van der Waals surface area contributed by atoms with Crippen LogP contribution in [0.2, 0.25) is 0 Å². The highest BCUT2D eigenvalue weighted by molar-refractivity contribution is 14.1. The molecule has 108 valence electrons. The predicted octanol–water partition coefficient (Wildman–Crippen LogP) is 3.80. The fraction of sp³-hybridized carbons (Fsp3) is 0.188. The molecule has 1 N–H and O–H groups in total. The molecule has 0 saturated heterocycles. The summed E-state index contributed by atoms with van der Waals surface area (Å²) in [5, 5.41) is 4.60. The standard InChI is InChI=1S/C16H16IN3O/c1-20-10-13(17)15-14(20)7-8-18-16(15)19-9-11-3-5-12(21-2)6-4-11/h3-8,10H,9H2,1-2H3,(H,18,19). The summed E-state index contributed by atoms with van der Waals surface area (Å²) in [5.74, 6) is 1.80. The first-order valence-electron chi connectivity index (χ1n) is 6.65. The molecular weight excluding hydrogens is 377 g/mol. The van der Waals surface area contributed by atoms with Gasteiger partial charge in [0.15, 0.2) is 0 Å². The van der Waals surface area contributed by atoms with E-state index in [1.54, 1.807) is 7.11 Å². The second-order valence-electron chi connectivity index (χ2n) is 4.84. The average Bonchev–Trinajstić information content (AvgIpc) is 2.81. The van der Waals surface area contributed by atoms with E-state index in [1.165, 1.54) is 20.0 Å². The van der Waals surface area contributed by atoms with E-state index in [0.717, 1.165) is 18.1 Å². The Kier molecular flexibility index (Phi) is 4.01. The van der Waals surface area contributed by atoms with Gasteiger partial charge in [-0.15, -0.1) is 0 Å². The number of hydrogen-bond acceptors (Lipinski definition) is 3. The van der Waals surface area contributed by atoms with Crippen molar-refractivity contribution in [2.45, 2.75) is 6.54 Å². The SMILES string of the molecule is COc1ccc(CNc2nccc3c2c(I)cn3C)cc1. The number of hydrogen-bond donors (Lipinski definition) is 1. The summed E-state index contributed by atoms with van der Waals surface area (Å²) in [6.45, 7) is 0.737. The molecule has 0 aliphatic heterocycles. The summed E-state index contributed by atoms with van der Waals surface area (Å²) in [7, 11) is 3.73. The zero-order valence-corrected chi connectivity index (χ0v) is 14.1. The van der Waals surface area contributed by atoms with Crippen LogP contribution in [0.1, 0.15) is 5.56 Å². The summed E-state index contributed by atoms with van der Waals surface area (Å²) in [4.78, 5) is 4.48. The first-order chi connectivity index (χ1) is 10.2. The second-order valence-corrected chi connectivity index (χ2v) is 6.01. The zero-order chi connectivity index (χ0) is 14.8. The van der Waals surface area contributed by atoms with Gasteiger partial charge in [-0.2, -0.15) is 0 Å². The lowest BCUT2D eigenvalue weighted by molar-refractivity contribution is 0.414. The Morgan fingerprint density at radius 2 is 2.00 bits per heavy atom. The molecule has 0 saturated carbocycles. The van der Waals surface area contributed by atoms with Crippen LogP contribution in [-0.2, 0) is 13.6 Å². The maximum Gasteiger partial charge on any atom is 0.136 e. The Hall–Kier alpha value is -1.76. The quantitative estimate of drug-likeness (QED) is 0.686. The molecule has 3 rings (SSSR count). The van der Waals surface area contributed by atoms with Crippen LogP contribution in [0.25, 0.3) is 10.9 Å². The van der Waals surface area contributed by atoms with Crippen LogP contribution in [-0.4, -0.2) is 16.7 Å². The number of methoxy groups -OCH3 is 1. The third-order valence-corrected chi connectivity index (χ3v) is 4.29. The van der Waals surface area contributed by atoms with Gasteiger partial charge < -0.3 is 14.6 Å². The Balaban J connectivity index is 1.84. The molecule has 2 heterocycles. The van der Waals surface area contributed by atoms with Crippen LogP contribution in [0, 0.1) is 3.57 Å². The van der Waals surface area contributed by atoms with Gasteiger partial charge in [-0.05, 0) is 46.4 Å². The minimum atomic E-state index is 0.737. The van der Waals surface area contributed by atoms with Gasteiger partial charge >= 0.3 is 0 Å². The van der Waals surface area contributed by atoms with Gasteiger partial charge in [0, 0.05) is 29.6 Å². The van der Waals surface area contributed by atoms with E-state index in [4.69, 9.17) is 4.74 Å². The Morgan fingerprint density at radius 3 is 2.71 bits per heavy atom. The fourth-order valence-electron chi connectivity index (χ4n) is 2.35. The maximum absolute atomic E-state index is 5.17. The highest BCUT2D eigenvalue weighted by Gasteiger charge is 2.09.